The Labute approximate surface area is 177 Å². The summed E-state index contributed by atoms with van der Waals surface area (Å²) >= 11 is 0. The predicted octanol–water partition coefficient (Wildman–Crippen LogP) is 2.17. The fourth-order valence-corrected chi connectivity index (χ4v) is 4.20. The molecule has 0 bridgehead atoms. The summed E-state index contributed by atoms with van der Waals surface area (Å²) in [6.45, 7) is 5.16. The number of rotatable bonds is 5. The molecule has 1 heterocycles. The molecule has 0 N–H and O–H groups in total. The third-order valence-corrected chi connectivity index (χ3v) is 5.91. The number of fused-ring (bicyclic) bond motifs is 2. The van der Waals surface area contributed by atoms with Crippen LogP contribution in [0.4, 0.5) is 0 Å². The lowest BCUT2D eigenvalue weighted by Crippen LogP contribution is -2.49. The maximum absolute atomic E-state index is 13.0. The summed E-state index contributed by atoms with van der Waals surface area (Å²) in [5.74, 6) is -0.434. The molecule has 0 unspecified atom stereocenters. The zero-order chi connectivity index (χ0) is 21.3. The lowest BCUT2D eigenvalue weighted by atomic mass is 9.83. The number of amides is 1. The highest BCUT2D eigenvalue weighted by molar-refractivity contribution is 6.28. The summed E-state index contributed by atoms with van der Waals surface area (Å²) in [5, 5.41) is 0. The first kappa shape index (κ1) is 20.4. The van der Waals surface area contributed by atoms with Crippen LogP contribution in [-0.2, 0) is 0 Å². The van der Waals surface area contributed by atoms with E-state index in [0.29, 0.717) is 40.9 Å². The molecule has 2 aliphatic rings. The highest BCUT2D eigenvalue weighted by atomic mass is 16.2. The zero-order valence-corrected chi connectivity index (χ0v) is 17.6. The number of piperazine rings is 1. The van der Waals surface area contributed by atoms with E-state index < -0.39 is 0 Å². The molecular weight excluding hydrogens is 378 g/mol. The van der Waals surface area contributed by atoms with Crippen LogP contribution in [0.5, 0.6) is 0 Å². The standard InChI is InChI=1S/C24H27N3O3/c1-25(2)10-5-11-26-12-14-27(15-13-26)24(30)17-8-9-20-21(16-17)23(29)19-7-4-3-6-18(19)22(20)28/h3-4,6-9,16H,5,10-15H2,1-2H3. The van der Waals surface area contributed by atoms with Gasteiger partial charge in [0.05, 0.1) is 0 Å². The number of hydrogen-bond acceptors (Lipinski definition) is 5. The van der Waals surface area contributed by atoms with Crippen LogP contribution in [0.1, 0.15) is 48.6 Å². The molecule has 1 aliphatic heterocycles. The lowest BCUT2D eigenvalue weighted by molar-refractivity contribution is 0.0633. The van der Waals surface area contributed by atoms with Gasteiger partial charge in [0.25, 0.3) is 5.91 Å². The number of benzene rings is 2. The fraction of sp³-hybridized carbons (Fsp3) is 0.375. The third kappa shape index (κ3) is 3.93. The van der Waals surface area contributed by atoms with Crippen LogP contribution >= 0.6 is 0 Å². The number of carbonyl (C=O) groups is 3. The molecule has 6 nitrogen and oxygen atoms in total. The topological polar surface area (TPSA) is 60.9 Å². The molecule has 30 heavy (non-hydrogen) atoms. The molecule has 0 spiro atoms. The Kier molecular flexibility index (Phi) is 5.79. The number of ketones is 2. The van der Waals surface area contributed by atoms with Gasteiger partial charge >= 0.3 is 0 Å². The Morgan fingerprint density at radius 3 is 2.10 bits per heavy atom. The van der Waals surface area contributed by atoms with Crippen LogP contribution in [0.15, 0.2) is 42.5 Å². The zero-order valence-electron chi connectivity index (χ0n) is 17.6. The van der Waals surface area contributed by atoms with Crippen LogP contribution in [0.25, 0.3) is 0 Å². The highest BCUT2D eigenvalue weighted by Gasteiger charge is 2.31. The van der Waals surface area contributed by atoms with Crippen molar-refractivity contribution in [2.45, 2.75) is 6.42 Å². The van der Waals surface area contributed by atoms with Crippen molar-refractivity contribution in [2.24, 2.45) is 0 Å². The SMILES string of the molecule is CN(C)CCCN1CCN(C(=O)c2ccc3c(c2)C(=O)c2ccccc2C3=O)CC1. The normalized spacial score (nSPS) is 16.6. The van der Waals surface area contributed by atoms with Gasteiger partial charge in [0.1, 0.15) is 0 Å². The van der Waals surface area contributed by atoms with Crippen LogP contribution in [0.2, 0.25) is 0 Å². The third-order valence-electron chi connectivity index (χ3n) is 5.91. The van der Waals surface area contributed by atoms with Crippen molar-refractivity contribution in [3.05, 3.63) is 70.3 Å². The summed E-state index contributed by atoms with van der Waals surface area (Å²) < 4.78 is 0. The van der Waals surface area contributed by atoms with Crippen molar-refractivity contribution in [2.75, 3.05) is 53.4 Å². The number of nitrogens with zero attached hydrogens (tertiary/aromatic N) is 3. The van der Waals surface area contributed by atoms with E-state index in [1.165, 1.54) is 0 Å². The van der Waals surface area contributed by atoms with E-state index in [2.05, 4.69) is 23.9 Å². The molecule has 0 atom stereocenters. The largest absolute Gasteiger partial charge is 0.336 e. The van der Waals surface area contributed by atoms with E-state index in [9.17, 15) is 14.4 Å². The average Bonchev–Trinajstić information content (AvgIpc) is 2.77. The molecule has 1 fully saturated rings. The molecule has 1 saturated heterocycles. The van der Waals surface area contributed by atoms with E-state index in [1.807, 2.05) is 4.90 Å². The van der Waals surface area contributed by atoms with Crippen molar-refractivity contribution in [3.63, 3.8) is 0 Å². The van der Waals surface area contributed by atoms with Crippen molar-refractivity contribution >= 4 is 17.5 Å². The van der Waals surface area contributed by atoms with Crippen LogP contribution in [0.3, 0.4) is 0 Å². The van der Waals surface area contributed by atoms with Gasteiger partial charge in [-0.15, -0.1) is 0 Å². The lowest BCUT2D eigenvalue weighted by Gasteiger charge is -2.35. The van der Waals surface area contributed by atoms with Gasteiger partial charge in [-0.05, 0) is 51.8 Å². The van der Waals surface area contributed by atoms with Gasteiger partial charge in [-0.1, -0.05) is 24.3 Å². The van der Waals surface area contributed by atoms with Crippen molar-refractivity contribution < 1.29 is 14.4 Å². The first-order valence-corrected chi connectivity index (χ1v) is 10.4. The second-order valence-electron chi connectivity index (χ2n) is 8.25. The maximum Gasteiger partial charge on any atom is 0.253 e. The Morgan fingerprint density at radius 2 is 1.47 bits per heavy atom. The molecular formula is C24H27N3O3. The summed E-state index contributed by atoms with van der Waals surface area (Å²) in [5.41, 5.74) is 2.01. The highest BCUT2D eigenvalue weighted by Crippen LogP contribution is 2.28. The minimum atomic E-state index is -0.194. The second kappa shape index (κ2) is 8.50. The quantitative estimate of drug-likeness (QED) is 0.651. The molecule has 2 aromatic carbocycles. The van der Waals surface area contributed by atoms with E-state index >= 15 is 0 Å². The average molecular weight is 405 g/mol. The summed E-state index contributed by atoms with van der Waals surface area (Å²) in [7, 11) is 4.15. The minimum absolute atomic E-state index is 0.0788. The number of hydrogen-bond donors (Lipinski definition) is 0. The Bertz CT molecular complexity index is 991. The van der Waals surface area contributed by atoms with Crippen LogP contribution < -0.4 is 0 Å². The summed E-state index contributed by atoms with van der Waals surface area (Å²) in [6.07, 6.45) is 1.11. The van der Waals surface area contributed by atoms with Gasteiger partial charge in [-0.3, -0.25) is 19.3 Å². The Balaban J connectivity index is 1.45. The van der Waals surface area contributed by atoms with Gasteiger partial charge in [0.2, 0.25) is 0 Å². The van der Waals surface area contributed by atoms with Gasteiger partial charge in [-0.25, -0.2) is 0 Å². The molecule has 4 rings (SSSR count). The van der Waals surface area contributed by atoms with Crippen molar-refractivity contribution in [1.29, 1.82) is 0 Å². The first-order valence-electron chi connectivity index (χ1n) is 10.4. The van der Waals surface area contributed by atoms with E-state index in [-0.39, 0.29) is 17.5 Å². The van der Waals surface area contributed by atoms with E-state index in [4.69, 9.17) is 0 Å². The molecule has 0 aromatic heterocycles. The molecule has 6 heteroatoms. The summed E-state index contributed by atoms with van der Waals surface area (Å²) in [6, 6.07) is 11.7. The molecule has 2 aromatic rings. The van der Waals surface area contributed by atoms with Crippen molar-refractivity contribution in [3.8, 4) is 0 Å². The first-order chi connectivity index (χ1) is 14.5. The molecule has 0 radical (unpaired) electrons. The van der Waals surface area contributed by atoms with Crippen molar-refractivity contribution in [1.82, 2.24) is 14.7 Å². The van der Waals surface area contributed by atoms with E-state index in [0.717, 1.165) is 32.6 Å². The van der Waals surface area contributed by atoms with Gasteiger partial charge in [-0.2, -0.15) is 0 Å². The molecule has 1 aliphatic carbocycles. The molecule has 1 amide bonds. The van der Waals surface area contributed by atoms with Crippen LogP contribution in [-0.4, -0.2) is 85.5 Å². The Morgan fingerprint density at radius 1 is 0.867 bits per heavy atom. The maximum atomic E-state index is 13.0. The monoisotopic (exact) mass is 405 g/mol. The van der Waals surface area contributed by atoms with E-state index in [1.54, 1.807) is 42.5 Å². The second-order valence-corrected chi connectivity index (χ2v) is 8.25. The smallest absolute Gasteiger partial charge is 0.253 e. The fourth-order valence-electron chi connectivity index (χ4n) is 4.20. The summed E-state index contributed by atoms with van der Waals surface area (Å²) in [4.78, 5) is 45.1. The predicted molar refractivity (Wildman–Crippen MR) is 115 cm³/mol. The minimum Gasteiger partial charge on any atom is -0.336 e. The van der Waals surface area contributed by atoms with Gasteiger partial charge < -0.3 is 9.80 Å². The molecule has 0 saturated carbocycles. The Hall–Kier alpha value is -2.83. The number of carbonyl (C=O) groups excluding carboxylic acids is 3. The van der Waals surface area contributed by atoms with Gasteiger partial charge in [0.15, 0.2) is 11.6 Å². The van der Waals surface area contributed by atoms with Gasteiger partial charge in [0, 0.05) is 54.0 Å². The van der Waals surface area contributed by atoms with Crippen LogP contribution in [0, 0.1) is 0 Å². The molecule has 156 valence electrons.